The third-order valence-electron chi connectivity index (χ3n) is 3.80. The lowest BCUT2D eigenvalue weighted by molar-refractivity contribution is 0.570. The summed E-state index contributed by atoms with van der Waals surface area (Å²) in [6.45, 7) is 1.31. The van der Waals surface area contributed by atoms with E-state index in [1.54, 1.807) is 23.6 Å². The van der Waals surface area contributed by atoms with E-state index in [2.05, 4.69) is 4.72 Å². The Kier molecular flexibility index (Phi) is 6.26. The molecule has 0 aliphatic rings. The van der Waals surface area contributed by atoms with Gasteiger partial charge in [-0.25, -0.2) is 21.6 Å². The predicted octanol–water partition coefficient (Wildman–Crippen LogP) is 2.27. The van der Waals surface area contributed by atoms with Crippen LogP contribution in [0.3, 0.4) is 0 Å². The van der Waals surface area contributed by atoms with E-state index in [1.807, 2.05) is 31.1 Å². The molecule has 1 N–H and O–H groups in total. The van der Waals surface area contributed by atoms with Crippen molar-refractivity contribution in [1.29, 1.82) is 0 Å². The molecule has 2 aromatic rings. The lowest BCUT2D eigenvalue weighted by atomic mass is 10.1. The van der Waals surface area contributed by atoms with E-state index < -0.39 is 25.1 Å². The van der Waals surface area contributed by atoms with Gasteiger partial charge < -0.3 is 4.90 Å². The summed E-state index contributed by atoms with van der Waals surface area (Å²) < 4.78 is 52.2. The summed E-state index contributed by atoms with van der Waals surface area (Å²) in [5, 5.41) is 0.707. The molecule has 1 aromatic heterocycles. The fraction of sp³-hybridized carbons (Fsp3) is 0.375. The summed E-state index contributed by atoms with van der Waals surface area (Å²) in [6, 6.07) is 10.3. The molecule has 0 aliphatic heterocycles. The largest absolute Gasteiger partial charge is 0.378 e. The van der Waals surface area contributed by atoms with E-state index in [-0.39, 0.29) is 16.5 Å². The van der Waals surface area contributed by atoms with Crippen LogP contribution in [0.5, 0.6) is 0 Å². The van der Waals surface area contributed by atoms with E-state index in [9.17, 15) is 16.8 Å². The Morgan fingerprint density at radius 3 is 2.20 bits per heavy atom. The molecule has 0 amide bonds. The Hall–Kier alpha value is -1.42. The number of hydrogen-bond acceptors (Lipinski definition) is 6. The minimum Gasteiger partial charge on any atom is -0.378 e. The summed E-state index contributed by atoms with van der Waals surface area (Å²) >= 11 is 1.13. The third-order valence-corrected chi connectivity index (χ3v) is 8.70. The minimum absolute atomic E-state index is 0.0989. The number of anilines is 1. The average Bonchev–Trinajstić information content (AvgIpc) is 3.10. The molecule has 0 aliphatic carbocycles. The van der Waals surface area contributed by atoms with Crippen LogP contribution in [0.2, 0.25) is 0 Å². The molecule has 1 aromatic carbocycles. The Morgan fingerprint density at radius 1 is 1.08 bits per heavy atom. The van der Waals surface area contributed by atoms with E-state index in [1.165, 1.54) is 13.0 Å². The molecule has 138 valence electrons. The zero-order chi connectivity index (χ0) is 18.7. The summed E-state index contributed by atoms with van der Waals surface area (Å²) in [5.74, 6) is -0.0989. The predicted molar refractivity (Wildman–Crippen MR) is 102 cm³/mol. The Labute approximate surface area is 153 Å². The molecule has 0 fully saturated rings. The quantitative estimate of drug-likeness (QED) is 0.732. The second-order valence-electron chi connectivity index (χ2n) is 5.70. The maximum Gasteiger partial charge on any atom is 0.211 e. The molecule has 0 radical (unpaired) electrons. The Bertz CT molecular complexity index is 887. The van der Waals surface area contributed by atoms with Crippen LogP contribution in [-0.4, -0.2) is 43.2 Å². The fourth-order valence-corrected chi connectivity index (χ4v) is 5.86. The van der Waals surface area contributed by atoms with Crippen molar-refractivity contribution in [3.63, 3.8) is 0 Å². The highest BCUT2D eigenvalue weighted by molar-refractivity contribution is 7.93. The normalized spacial score (nSPS) is 13.6. The summed E-state index contributed by atoms with van der Waals surface area (Å²) in [5.41, 5.74) is 1.49. The second kappa shape index (κ2) is 7.86. The molecule has 0 saturated carbocycles. The van der Waals surface area contributed by atoms with Crippen molar-refractivity contribution in [3.05, 3.63) is 47.3 Å². The van der Waals surface area contributed by atoms with Gasteiger partial charge in [0.05, 0.1) is 5.75 Å². The first-order valence-electron chi connectivity index (χ1n) is 7.69. The third kappa shape index (κ3) is 4.81. The van der Waals surface area contributed by atoms with E-state index in [4.69, 9.17) is 0 Å². The Balaban J connectivity index is 2.41. The van der Waals surface area contributed by atoms with Gasteiger partial charge in [-0.2, -0.15) is 0 Å². The van der Waals surface area contributed by atoms with Crippen LogP contribution in [0.25, 0.3) is 0 Å². The van der Waals surface area contributed by atoms with Crippen molar-refractivity contribution in [2.24, 2.45) is 0 Å². The van der Waals surface area contributed by atoms with Crippen molar-refractivity contribution in [2.45, 2.75) is 16.4 Å². The average molecular weight is 403 g/mol. The smallest absolute Gasteiger partial charge is 0.211 e. The molecular weight excluding hydrogens is 380 g/mol. The van der Waals surface area contributed by atoms with Gasteiger partial charge in [-0.15, -0.1) is 11.3 Å². The number of thiophene rings is 1. The van der Waals surface area contributed by atoms with Crippen LogP contribution < -0.4 is 9.62 Å². The molecule has 25 heavy (non-hydrogen) atoms. The first-order valence-corrected chi connectivity index (χ1v) is 11.8. The zero-order valence-electron chi connectivity index (χ0n) is 14.3. The number of nitrogens with zero attached hydrogens (tertiary/aromatic N) is 1. The molecule has 0 saturated heterocycles. The van der Waals surface area contributed by atoms with Crippen molar-refractivity contribution >= 4 is 36.9 Å². The Morgan fingerprint density at radius 2 is 1.72 bits per heavy atom. The highest BCUT2D eigenvalue weighted by Crippen LogP contribution is 2.32. The first kappa shape index (κ1) is 19.9. The first-order chi connectivity index (χ1) is 11.7. The topological polar surface area (TPSA) is 83.6 Å². The van der Waals surface area contributed by atoms with Crippen LogP contribution in [-0.2, 0) is 19.9 Å². The molecule has 1 heterocycles. The summed E-state index contributed by atoms with van der Waals surface area (Å²) in [7, 11) is -3.40. The van der Waals surface area contributed by atoms with Gasteiger partial charge in [0.15, 0.2) is 9.84 Å². The summed E-state index contributed by atoms with van der Waals surface area (Å²) in [4.78, 5) is 1.91. The molecule has 6 nitrogen and oxygen atoms in total. The monoisotopic (exact) mass is 402 g/mol. The fourth-order valence-electron chi connectivity index (χ4n) is 2.26. The molecule has 1 atom stereocenters. The van der Waals surface area contributed by atoms with Crippen LogP contribution >= 0.6 is 11.3 Å². The molecule has 9 heteroatoms. The van der Waals surface area contributed by atoms with Gasteiger partial charge in [-0.3, -0.25) is 0 Å². The van der Waals surface area contributed by atoms with Gasteiger partial charge >= 0.3 is 0 Å². The number of rotatable bonds is 8. The summed E-state index contributed by atoms with van der Waals surface area (Å²) in [6.07, 6.45) is 0. The van der Waals surface area contributed by atoms with Gasteiger partial charge in [0, 0.05) is 26.3 Å². The number of sulfonamides is 1. The lowest BCUT2D eigenvalue weighted by Crippen LogP contribution is -2.32. The van der Waals surface area contributed by atoms with Crippen molar-refractivity contribution in [2.75, 3.05) is 31.3 Å². The van der Waals surface area contributed by atoms with Crippen molar-refractivity contribution < 1.29 is 16.8 Å². The maximum atomic E-state index is 13.0. The van der Waals surface area contributed by atoms with Crippen LogP contribution in [0.1, 0.15) is 17.7 Å². The molecule has 0 spiro atoms. The zero-order valence-corrected chi connectivity index (χ0v) is 16.8. The van der Waals surface area contributed by atoms with Gasteiger partial charge in [0.1, 0.15) is 9.46 Å². The number of sulfone groups is 1. The molecular formula is C16H22N2O4S3. The number of hydrogen-bond donors (Lipinski definition) is 1. The molecule has 2 rings (SSSR count). The van der Waals surface area contributed by atoms with Gasteiger partial charge in [-0.1, -0.05) is 18.2 Å². The number of benzene rings is 1. The van der Waals surface area contributed by atoms with Gasteiger partial charge in [0.2, 0.25) is 10.0 Å². The van der Waals surface area contributed by atoms with E-state index >= 15 is 0 Å². The SMILES string of the molecule is CCS(=O)(=O)NC[C@H](c1ccc(N(C)C)cc1)S(=O)(=O)c1cccs1. The number of nitrogens with one attached hydrogen (secondary N) is 1. The highest BCUT2D eigenvalue weighted by Gasteiger charge is 2.31. The van der Waals surface area contributed by atoms with Crippen molar-refractivity contribution in [3.8, 4) is 0 Å². The van der Waals surface area contributed by atoms with E-state index in [0.717, 1.165) is 17.0 Å². The van der Waals surface area contributed by atoms with E-state index in [0.29, 0.717) is 5.56 Å². The van der Waals surface area contributed by atoms with Gasteiger partial charge in [-0.05, 0) is 36.1 Å². The van der Waals surface area contributed by atoms with Crippen molar-refractivity contribution in [1.82, 2.24) is 4.72 Å². The lowest BCUT2D eigenvalue weighted by Gasteiger charge is -2.19. The van der Waals surface area contributed by atoms with Crippen LogP contribution in [0, 0.1) is 0 Å². The molecule has 0 unspecified atom stereocenters. The second-order valence-corrected chi connectivity index (χ2v) is 11.1. The highest BCUT2D eigenvalue weighted by atomic mass is 32.2. The van der Waals surface area contributed by atoms with Crippen LogP contribution in [0.4, 0.5) is 5.69 Å². The maximum absolute atomic E-state index is 13.0. The minimum atomic E-state index is -3.70. The molecule has 0 bridgehead atoms. The van der Waals surface area contributed by atoms with Crippen LogP contribution in [0.15, 0.2) is 46.0 Å². The standard InChI is InChI=1S/C16H22N2O4S3/c1-4-24(19,20)17-12-15(25(21,22)16-6-5-11-23-16)13-7-9-14(10-8-13)18(2)3/h5-11,15,17H,4,12H2,1-3H3/t15-/m1/s1. The van der Waals surface area contributed by atoms with Gasteiger partial charge in [0.25, 0.3) is 0 Å².